The highest BCUT2D eigenvalue weighted by Gasteiger charge is 2.29. The summed E-state index contributed by atoms with van der Waals surface area (Å²) in [7, 11) is 0. The van der Waals surface area contributed by atoms with E-state index in [2.05, 4.69) is 207 Å². The van der Waals surface area contributed by atoms with E-state index in [-0.39, 0.29) is 11.8 Å². The van der Waals surface area contributed by atoms with Crippen LogP contribution < -0.4 is 0 Å². The fourth-order valence-corrected chi connectivity index (χ4v) is 10.8. The molecule has 0 aliphatic carbocycles. The van der Waals surface area contributed by atoms with Crippen molar-refractivity contribution in [3.05, 3.63) is 235 Å². The lowest BCUT2D eigenvalue weighted by atomic mass is 9.77. The fourth-order valence-electron chi connectivity index (χ4n) is 10.8. The molecular weight excluding hydrogens is 815 g/mol. The molecule has 2 aromatic heterocycles. The van der Waals surface area contributed by atoms with E-state index in [1.54, 1.807) is 0 Å². The van der Waals surface area contributed by atoms with Gasteiger partial charge in [-0.05, 0) is 132 Å². The summed E-state index contributed by atoms with van der Waals surface area (Å²) < 4.78 is 12.6. The fraction of sp³-hybridized carbons (Fsp3) is 0.0781. The number of fused-ring (bicyclic) bond motifs is 9. The average molecular weight is 860 g/mol. The van der Waals surface area contributed by atoms with Gasteiger partial charge in [0.05, 0.1) is 5.70 Å². The zero-order valence-corrected chi connectivity index (χ0v) is 37.1. The molecule has 0 radical (unpaired) electrons. The summed E-state index contributed by atoms with van der Waals surface area (Å²) in [4.78, 5) is 5.65. The summed E-state index contributed by atoms with van der Waals surface area (Å²) in [5.74, 6) is 0.312. The number of furan rings is 2. The Bertz CT molecular complexity index is 3940. The van der Waals surface area contributed by atoms with Gasteiger partial charge < -0.3 is 8.83 Å². The molecule has 0 bridgehead atoms. The van der Waals surface area contributed by atoms with Crippen LogP contribution in [0.2, 0.25) is 0 Å². The van der Waals surface area contributed by atoms with E-state index in [1.165, 1.54) is 60.5 Å². The summed E-state index contributed by atoms with van der Waals surface area (Å²) in [5, 5.41) is 9.55. The van der Waals surface area contributed by atoms with Crippen molar-refractivity contribution in [2.24, 2.45) is 10.9 Å². The van der Waals surface area contributed by atoms with Crippen LogP contribution in [0.25, 0.3) is 104 Å². The molecule has 0 fully saturated rings. The summed E-state index contributed by atoms with van der Waals surface area (Å²) in [6, 6.07) is 76.8. The SMILES string of the molecule is CCC1CC(c2ccccc2)=NC(c2ccc(-c3cc4ccccc4c4ccccc34)cc2)=CC1c1cc(-c2ccc3oc4ccccc4c3c2)ccc1-c1ccc2oc3ccccc3c2c1. The molecule has 0 amide bonds. The van der Waals surface area contributed by atoms with Crippen LogP contribution in [0.3, 0.4) is 0 Å². The van der Waals surface area contributed by atoms with Gasteiger partial charge in [-0.1, -0.05) is 183 Å². The van der Waals surface area contributed by atoms with Crippen molar-refractivity contribution < 1.29 is 8.83 Å². The first-order chi connectivity index (χ1) is 33.1. The van der Waals surface area contributed by atoms with Crippen LogP contribution in [0.5, 0.6) is 0 Å². The van der Waals surface area contributed by atoms with Crippen LogP contribution in [0, 0.1) is 5.92 Å². The second-order valence-corrected chi connectivity index (χ2v) is 18.1. The number of aliphatic imine (C=N–C) groups is 1. The van der Waals surface area contributed by atoms with Gasteiger partial charge in [0.25, 0.3) is 0 Å². The Morgan fingerprint density at radius 2 is 0.940 bits per heavy atom. The Hall–Kier alpha value is -8.27. The van der Waals surface area contributed by atoms with Gasteiger partial charge in [-0.2, -0.15) is 0 Å². The molecule has 12 aromatic rings. The van der Waals surface area contributed by atoms with E-state index in [0.717, 1.165) is 79.3 Å². The van der Waals surface area contributed by atoms with Crippen LogP contribution in [0.1, 0.15) is 42.4 Å². The topological polar surface area (TPSA) is 38.6 Å². The van der Waals surface area contributed by atoms with Crippen molar-refractivity contribution >= 4 is 76.8 Å². The van der Waals surface area contributed by atoms with Crippen molar-refractivity contribution in [2.75, 3.05) is 0 Å². The molecule has 0 N–H and O–H groups in total. The maximum absolute atomic E-state index is 6.34. The van der Waals surface area contributed by atoms with Gasteiger partial charge in [0.2, 0.25) is 0 Å². The number of rotatable bonds is 7. The first kappa shape index (κ1) is 39.1. The number of allylic oxidation sites excluding steroid dienone is 1. The van der Waals surface area contributed by atoms with E-state index < -0.39 is 0 Å². The van der Waals surface area contributed by atoms with Crippen LogP contribution in [0.15, 0.2) is 232 Å². The van der Waals surface area contributed by atoms with Crippen molar-refractivity contribution in [2.45, 2.75) is 25.7 Å². The quantitative estimate of drug-likeness (QED) is 0.150. The first-order valence-electron chi connectivity index (χ1n) is 23.5. The highest BCUT2D eigenvalue weighted by Crippen LogP contribution is 2.45. The Kier molecular flexibility index (Phi) is 9.35. The van der Waals surface area contributed by atoms with Gasteiger partial charge >= 0.3 is 0 Å². The third-order valence-corrected chi connectivity index (χ3v) is 14.3. The Labute approximate surface area is 389 Å². The molecule has 13 rings (SSSR count). The third kappa shape index (κ3) is 6.77. The molecule has 2 atom stereocenters. The predicted octanol–water partition coefficient (Wildman–Crippen LogP) is 17.8. The third-order valence-electron chi connectivity index (χ3n) is 14.3. The smallest absolute Gasteiger partial charge is 0.135 e. The molecule has 0 saturated heterocycles. The molecule has 3 heteroatoms. The average Bonchev–Trinajstić information content (AvgIpc) is 3.89. The van der Waals surface area contributed by atoms with Gasteiger partial charge in [0, 0.05) is 33.2 Å². The standard InChI is InChI=1S/C64H45NO2/c1-2-40-38-59(42-14-4-3-5-15-42)65-60(43-26-24-41(25-27-43)54-36-46-16-6-7-17-48(46)50-18-8-9-19-51(50)54)39-55(40)56-34-44(45-29-32-63-57(35-45)52-20-10-12-22-61(52)66-63)28-31-49(56)47-30-33-64-58(37-47)53-21-11-13-23-62(53)67-64/h3-37,39-40,55H,2,38H2,1H3. The second kappa shape index (κ2) is 16.0. The zero-order chi connectivity index (χ0) is 44.4. The zero-order valence-electron chi connectivity index (χ0n) is 37.1. The maximum Gasteiger partial charge on any atom is 0.135 e. The largest absolute Gasteiger partial charge is 0.456 e. The Balaban J connectivity index is 0.998. The van der Waals surface area contributed by atoms with Gasteiger partial charge in [-0.15, -0.1) is 0 Å². The van der Waals surface area contributed by atoms with E-state index in [9.17, 15) is 0 Å². The molecule has 10 aromatic carbocycles. The van der Waals surface area contributed by atoms with Crippen molar-refractivity contribution in [1.82, 2.24) is 0 Å². The number of hydrogen-bond donors (Lipinski definition) is 0. The molecule has 0 spiro atoms. The van der Waals surface area contributed by atoms with Crippen LogP contribution in [-0.4, -0.2) is 5.71 Å². The van der Waals surface area contributed by atoms with E-state index >= 15 is 0 Å². The van der Waals surface area contributed by atoms with Gasteiger partial charge in [0.15, 0.2) is 0 Å². The molecular formula is C64H45NO2. The molecule has 1 aliphatic rings. The molecule has 67 heavy (non-hydrogen) atoms. The molecule has 3 nitrogen and oxygen atoms in total. The van der Waals surface area contributed by atoms with Gasteiger partial charge in [0.1, 0.15) is 22.3 Å². The first-order valence-corrected chi connectivity index (χ1v) is 23.5. The highest BCUT2D eigenvalue weighted by molar-refractivity contribution is 6.14. The normalized spacial score (nSPS) is 15.4. The molecule has 0 saturated carbocycles. The molecule has 318 valence electrons. The molecule has 3 heterocycles. The second-order valence-electron chi connectivity index (χ2n) is 18.1. The van der Waals surface area contributed by atoms with Gasteiger partial charge in [-0.25, -0.2) is 0 Å². The summed E-state index contributed by atoms with van der Waals surface area (Å²) >= 11 is 0. The number of nitrogens with zero attached hydrogens (tertiary/aromatic N) is 1. The monoisotopic (exact) mass is 859 g/mol. The Morgan fingerprint density at radius 3 is 1.66 bits per heavy atom. The van der Waals surface area contributed by atoms with Gasteiger partial charge in [-0.3, -0.25) is 4.99 Å². The minimum Gasteiger partial charge on any atom is -0.456 e. The van der Waals surface area contributed by atoms with E-state index in [4.69, 9.17) is 13.8 Å². The molecule has 2 unspecified atom stereocenters. The minimum atomic E-state index is 0.0410. The van der Waals surface area contributed by atoms with Crippen molar-refractivity contribution in [3.8, 4) is 33.4 Å². The van der Waals surface area contributed by atoms with Crippen LogP contribution in [0.4, 0.5) is 0 Å². The summed E-state index contributed by atoms with van der Waals surface area (Å²) in [6.07, 6.45) is 4.30. The predicted molar refractivity (Wildman–Crippen MR) is 281 cm³/mol. The van der Waals surface area contributed by atoms with Crippen molar-refractivity contribution in [1.29, 1.82) is 0 Å². The highest BCUT2D eigenvalue weighted by atomic mass is 16.3. The molecule has 1 aliphatic heterocycles. The van der Waals surface area contributed by atoms with E-state index in [0.29, 0.717) is 0 Å². The number of hydrogen-bond acceptors (Lipinski definition) is 3. The lowest BCUT2D eigenvalue weighted by molar-refractivity contribution is 0.482. The Morgan fingerprint density at radius 1 is 0.403 bits per heavy atom. The lowest BCUT2D eigenvalue weighted by Crippen LogP contribution is -2.15. The van der Waals surface area contributed by atoms with Crippen LogP contribution in [-0.2, 0) is 0 Å². The number of para-hydroxylation sites is 2. The van der Waals surface area contributed by atoms with Crippen molar-refractivity contribution in [3.63, 3.8) is 0 Å². The summed E-state index contributed by atoms with van der Waals surface area (Å²) in [5.41, 5.74) is 16.4. The van der Waals surface area contributed by atoms with E-state index in [1.807, 2.05) is 18.2 Å². The number of benzene rings is 10. The minimum absolute atomic E-state index is 0.0410. The lowest BCUT2D eigenvalue weighted by Gasteiger charge is -2.26. The van der Waals surface area contributed by atoms with Crippen LogP contribution >= 0.6 is 0 Å². The summed E-state index contributed by atoms with van der Waals surface area (Å²) in [6.45, 7) is 2.34. The maximum atomic E-state index is 6.34.